The van der Waals surface area contributed by atoms with Crippen LogP contribution in [0.2, 0.25) is 0 Å². The van der Waals surface area contributed by atoms with E-state index in [0.717, 1.165) is 35.6 Å². The molecule has 37 heavy (non-hydrogen) atoms. The highest BCUT2D eigenvalue weighted by atomic mass is 32.2. The van der Waals surface area contributed by atoms with E-state index in [9.17, 15) is 22.8 Å². The van der Waals surface area contributed by atoms with E-state index < -0.39 is 22.0 Å². The van der Waals surface area contributed by atoms with E-state index in [1.807, 2.05) is 37.3 Å². The average molecular weight is 526 g/mol. The lowest BCUT2D eigenvalue weighted by atomic mass is 9.95. The van der Waals surface area contributed by atoms with Gasteiger partial charge in [-0.1, -0.05) is 68.7 Å². The predicted molar refractivity (Wildman–Crippen MR) is 140 cm³/mol. The van der Waals surface area contributed by atoms with Crippen LogP contribution in [0.5, 0.6) is 0 Å². The highest BCUT2D eigenvalue weighted by Crippen LogP contribution is 2.30. The second-order valence-corrected chi connectivity index (χ2v) is 11.6. The predicted octanol–water partition coefficient (Wildman–Crippen LogP) is 3.87. The molecule has 1 heterocycles. The van der Waals surface area contributed by atoms with Crippen LogP contribution >= 0.6 is 0 Å². The minimum atomic E-state index is -3.92. The molecule has 1 N–H and O–H groups in total. The van der Waals surface area contributed by atoms with Gasteiger partial charge in [0.25, 0.3) is 15.9 Å². The van der Waals surface area contributed by atoms with Gasteiger partial charge in [-0.2, -0.15) is 0 Å². The van der Waals surface area contributed by atoms with Gasteiger partial charge >= 0.3 is 0 Å². The Balaban J connectivity index is 1.45. The van der Waals surface area contributed by atoms with Gasteiger partial charge in [-0.3, -0.25) is 14.4 Å². The Kier molecular flexibility index (Phi) is 8.63. The highest BCUT2D eigenvalue weighted by Gasteiger charge is 2.40. The van der Waals surface area contributed by atoms with Gasteiger partial charge in [-0.25, -0.2) is 12.7 Å². The second-order valence-electron chi connectivity index (χ2n) is 9.76. The molecular weight excluding hydrogens is 490 g/mol. The summed E-state index contributed by atoms with van der Waals surface area (Å²) in [7, 11) is -3.92. The maximum absolute atomic E-state index is 13.5. The van der Waals surface area contributed by atoms with E-state index in [4.69, 9.17) is 0 Å². The van der Waals surface area contributed by atoms with Gasteiger partial charge in [0.05, 0.1) is 5.56 Å². The number of fused-ring (bicyclic) bond motifs is 1. The van der Waals surface area contributed by atoms with Crippen LogP contribution in [-0.2, 0) is 26.2 Å². The van der Waals surface area contributed by atoms with Crippen molar-refractivity contribution in [2.75, 3.05) is 6.54 Å². The Labute approximate surface area is 219 Å². The lowest BCUT2D eigenvalue weighted by Gasteiger charge is -2.33. The van der Waals surface area contributed by atoms with Crippen molar-refractivity contribution in [3.8, 4) is 0 Å². The molecule has 0 aromatic heterocycles. The van der Waals surface area contributed by atoms with Crippen molar-refractivity contribution >= 4 is 27.7 Å². The Morgan fingerprint density at radius 1 is 1.03 bits per heavy atom. The van der Waals surface area contributed by atoms with Gasteiger partial charge in [0, 0.05) is 25.6 Å². The first kappa shape index (κ1) is 26.9. The number of carbonyl (C=O) groups excluding carboxylic acids is 3. The number of benzene rings is 2. The summed E-state index contributed by atoms with van der Waals surface area (Å²) in [6.07, 6.45) is 5.94. The third kappa shape index (κ3) is 6.04. The third-order valence-electron chi connectivity index (χ3n) is 7.20. The number of amides is 3. The number of sulfonamides is 1. The number of hydrogen-bond donors (Lipinski definition) is 1. The van der Waals surface area contributed by atoms with Crippen molar-refractivity contribution in [3.63, 3.8) is 0 Å². The van der Waals surface area contributed by atoms with E-state index in [2.05, 4.69) is 5.32 Å². The molecule has 0 spiro atoms. The minimum Gasteiger partial charge on any atom is -0.352 e. The van der Waals surface area contributed by atoms with Crippen LogP contribution in [-0.4, -0.2) is 54.0 Å². The summed E-state index contributed by atoms with van der Waals surface area (Å²) >= 11 is 0. The van der Waals surface area contributed by atoms with Crippen molar-refractivity contribution < 1.29 is 22.8 Å². The number of rotatable bonds is 10. The fraction of sp³-hybridized carbons (Fsp3) is 0.464. The molecule has 0 saturated heterocycles. The number of nitrogens with zero attached hydrogens (tertiary/aromatic N) is 2. The fourth-order valence-electron chi connectivity index (χ4n) is 5.21. The molecule has 2 aliphatic rings. The Bertz CT molecular complexity index is 1230. The Morgan fingerprint density at radius 3 is 2.38 bits per heavy atom. The van der Waals surface area contributed by atoms with Crippen molar-refractivity contribution in [1.29, 1.82) is 0 Å². The monoisotopic (exact) mass is 525 g/mol. The first-order valence-electron chi connectivity index (χ1n) is 13.1. The largest absolute Gasteiger partial charge is 0.352 e. The zero-order valence-electron chi connectivity index (χ0n) is 21.3. The van der Waals surface area contributed by atoms with Gasteiger partial charge < -0.3 is 10.2 Å². The van der Waals surface area contributed by atoms with Crippen LogP contribution < -0.4 is 5.32 Å². The van der Waals surface area contributed by atoms with Crippen molar-refractivity contribution in [1.82, 2.24) is 14.5 Å². The summed E-state index contributed by atoms with van der Waals surface area (Å²) < 4.78 is 26.5. The molecule has 198 valence electrons. The quantitative estimate of drug-likeness (QED) is 0.507. The minimum absolute atomic E-state index is 0.00228. The number of hydrogen-bond acceptors (Lipinski definition) is 5. The summed E-state index contributed by atoms with van der Waals surface area (Å²) in [6, 6.07) is 15.2. The lowest BCUT2D eigenvalue weighted by Crippen LogP contribution is -2.51. The molecular formula is C28H35N3O5S. The first-order valence-corrected chi connectivity index (χ1v) is 14.6. The highest BCUT2D eigenvalue weighted by molar-refractivity contribution is 7.90. The Hall–Kier alpha value is -3.20. The number of nitrogens with one attached hydrogen (secondary N) is 1. The van der Waals surface area contributed by atoms with Crippen molar-refractivity contribution in [2.24, 2.45) is 0 Å². The second kappa shape index (κ2) is 11.9. The van der Waals surface area contributed by atoms with E-state index in [-0.39, 0.29) is 54.2 Å². The molecule has 3 amide bonds. The fourth-order valence-corrected chi connectivity index (χ4v) is 6.82. The van der Waals surface area contributed by atoms with E-state index in [1.165, 1.54) is 18.6 Å². The SMILES string of the molecule is CC[C@H](C(=O)NC1CCCCC1)N(Cc1ccccc1)C(=O)CCCN1C(=O)c2ccccc2S1(=O)=O. The molecule has 4 rings (SSSR count). The maximum atomic E-state index is 13.5. The van der Waals surface area contributed by atoms with Crippen LogP contribution in [0.1, 0.15) is 74.2 Å². The standard InChI is InChI=1S/C28H35N3O5S/c1-2-24(27(33)29-22-14-7-4-8-15-22)30(20-21-12-5-3-6-13-21)26(32)18-11-19-31-28(34)23-16-9-10-17-25(23)37(31,35)36/h3,5-6,9-10,12-13,16-17,22,24H,2,4,7-8,11,14-15,18-20H2,1H3,(H,29,33)/t24-/m1/s1. The van der Waals surface area contributed by atoms with E-state index in [1.54, 1.807) is 17.0 Å². The summed E-state index contributed by atoms with van der Waals surface area (Å²) in [4.78, 5) is 41.0. The molecule has 1 atom stereocenters. The molecule has 8 nitrogen and oxygen atoms in total. The van der Waals surface area contributed by atoms with Crippen LogP contribution in [0, 0.1) is 0 Å². The molecule has 0 unspecified atom stereocenters. The van der Waals surface area contributed by atoms with Crippen LogP contribution in [0.15, 0.2) is 59.5 Å². The van der Waals surface area contributed by atoms with Crippen LogP contribution in [0.3, 0.4) is 0 Å². The topological polar surface area (TPSA) is 104 Å². The molecule has 1 saturated carbocycles. The first-order chi connectivity index (χ1) is 17.8. The van der Waals surface area contributed by atoms with Crippen molar-refractivity contribution in [3.05, 3.63) is 65.7 Å². The molecule has 0 radical (unpaired) electrons. The normalized spacial score (nSPS) is 17.8. The van der Waals surface area contributed by atoms with Crippen LogP contribution in [0.25, 0.3) is 0 Å². The van der Waals surface area contributed by atoms with Gasteiger partial charge in [0.15, 0.2) is 0 Å². The lowest BCUT2D eigenvalue weighted by molar-refractivity contribution is -0.141. The number of carbonyl (C=O) groups is 3. The molecule has 2 aromatic rings. The Morgan fingerprint density at radius 2 is 1.70 bits per heavy atom. The van der Waals surface area contributed by atoms with E-state index in [0.29, 0.717) is 6.42 Å². The molecule has 0 bridgehead atoms. The molecule has 9 heteroatoms. The summed E-state index contributed by atoms with van der Waals surface area (Å²) in [5.74, 6) is -0.954. The van der Waals surface area contributed by atoms with Gasteiger partial charge in [-0.05, 0) is 43.4 Å². The van der Waals surface area contributed by atoms with Crippen molar-refractivity contribution in [2.45, 2.75) is 81.8 Å². The molecule has 1 aliphatic heterocycles. The smallest absolute Gasteiger partial charge is 0.269 e. The average Bonchev–Trinajstić information content (AvgIpc) is 3.10. The van der Waals surface area contributed by atoms with Gasteiger partial charge in [0.2, 0.25) is 11.8 Å². The molecule has 1 aliphatic carbocycles. The van der Waals surface area contributed by atoms with E-state index >= 15 is 0 Å². The third-order valence-corrected chi connectivity index (χ3v) is 9.04. The van der Waals surface area contributed by atoms with Gasteiger partial charge in [0.1, 0.15) is 10.9 Å². The zero-order chi connectivity index (χ0) is 26.4. The summed E-state index contributed by atoms with van der Waals surface area (Å²) in [6.45, 7) is 2.08. The summed E-state index contributed by atoms with van der Waals surface area (Å²) in [5, 5.41) is 3.15. The molecule has 1 fully saturated rings. The molecule has 2 aromatic carbocycles. The maximum Gasteiger partial charge on any atom is 0.269 e. The van der Waals surface area contributed by atoms with Crippen LogP contribution in [0.4, 0.5) is 0 Å². The van der Waals surface area contributed by atoms with Gasteiger partial charge in [-0.15, -0.1) is 0 Å². The summed E-state index contributed by atoms with van der Waals surface area (Å²) in [5.41, 5.74) is 1.07. The zero-order valence-corrected chi connectivity index (χ0v) is 22.1.